The van der Waals surface area contributed by atoms with Crippen LogP contribution >= 0.6 is 27.5 Å². The van der Waals surface area contributed by atoms with Gasteiger partial charge in [-0.25, -0.2) is 4.98 Å². The van der Waals surface area contributed by atoms with E-state index in [9.17, 15) is 0 Å². The van der Waals surface area contributed by atoms with Gasteiger partial charge in [0, 0.05) is 20.8 Å². The SMILES string of the molecule is Clc1c2cc(Br)ccc2nc2c1[nH]c1ccccc12. The molecule has 0 radical (unpaired) electrons. The Morgan fingerprint density at radius 2 is 1.89 bits per heavy atom. The summed E-state index contributed by atoms with van der Waals surface area (Å²) in [6, 6.07) is 14.1. The van der Waals surface area contributed by atoms with Gasteiger partial charge in [-0.3, -0.25) is 0 Å². The van der Waals surface area contributed by atoms with Crippen molar-refractivity contribution in [1.29, 1.82) is 0 Å². The van der Waals surface area contributed by atoms with E-state index < -0.39 is 0 Å². The van der Waals surface area contributed by atoms with E-state index in [0.717, 1.165) is 42.3 Å². The molecule has 0 aliphatic heterocycles. The number of hydrogen-bond donors (Lipinski definition) is 1. The summed E-state index contributed by atoms with van der Waals surface area (Å²) in [5, 5.41) is 2.77. The van der Waals surface area contributed by atoms with Crippen LogP contribution in [0.15, 0.2) is 46.9 Å². The van der Waals surface area contributed by atoms with Crippen LogP contribution in [0.1, 0.15) is 0 Å². The third-order valence-corrected chi connectivity index (χ3v) is 4.21. The molecular formula is C15H8BrClN2. The highest BCUT2D eigenvalue weighted by Gasteiger charge is 2.12. The molecule has 92 valence electrons. The molecule has 4 aromatic rings. The minimum absolute atomic E-state index is 0.720. The summed E-state index contributed by atoms with van der Waals surface area (Å²) in [4.78, 5) is 8.08. The van der Waals surface area contributed by atoms with Crippen LogP contribution in [0.4, 0.5) is 0 Å². The number of rotatable bonds is 0. The highest BCUT2D eigenvalue weighted by Crippen LogP contribution is 2.34. The first-order valence-electron chi connectivity index (χ1n) is 5.89. The smallest absolute Gasteiger partial charge is 0.0980 e. The molecule has 0 saturated heterocycles. The zero-order valence-corrected chi connectivity index (χ0v) is 12.1. The predicted octanol–water partition coefficient (Wildman–Crippen LogP) is 5.29. The molecule has 0 fully saturated rings. The van der Waals surface area contributed by atoms with Crippen LogP contribution in [-0.2, 0) is 0 Å². The number of fused-ring (bicyclic) bond motifs is 4. The summed E-state index contributed by atoms with van der Waals surface area (Å²) >= 11 is 9.99. The zero-order chi connectivity index (χ0) is 13.0. The number of nitrogens with one attached hydrogen (secondary N) is 1. The van der Waals surface area contributed by atoms with Gasteiger partial charge in [0.05, 0.1) is 21.6 Å². The molecule has 2 nitrogen and oxygen atoms in total. The summed E-state index contributed by atoms with van der Waals surface area (Å²) < 4.78 is 0.999. The molecule has 0 unspecified atom stereocenters. The van der Waals surface area contributed by atoms with Crippen LogP contribution in [0.2, 0.25) is 5.02 Å². The zero-order valence-electron chi connectivity index (χ0n) is 9.74. The number of hydrogen-bond acceptors (Lipinski definition) is 1. The number of H-pyrrole nitrogens is 1. The topological polar surface area (TPSA) is 28.7 Å². The number of benzene rings is 2. The second-order valence-corrected chi connectivity index (χ2v) is 5.78. The average Bonchev–Trinajstić information content (AvgIpc) is 2.79. The van der Waals surface area contributed by atoms with Crippen molar-refractivity contribution in [2.45, 2.75) is 0 Å². The fraction of sp³-hybridized carbons (Fsp3) is 0. The van der Waals surface area contributed by atoms with Gasteiger partial charge in [0.1, 0.15) is 0 Å². The van der Waals surface area contributed by atoms with Crippen LogP contribution < -0.4 is 0 Å². The van der Waals surface area contributed by atoms with Crippen molar-refractivity contribution in [2.24, 2.45) is 0 Å². The summed E-state index contributed by atoms with van der Waals surface area (Å²) in [7, 11) is 0. The van der Waals surface area contributed by atoms with Crippen molar-refractivity contribution in [3.05, 3.63) is 52.0 Å². The van der Waals surface area contributed by atoms with E-state index in [1.165, 1.54) is 0 Å². The maximum Gasteiger partial charge on any atom is 0.0980 e. The van der Waals surface area contributed by atoms with Gasteiger partial charge in [0.25, 0.3) is 0 Å². The molecule has 0 atom stereocenters. The third-order valence-electron chi connectivity index (χ3n) is 3.33. The quantitative estimate of drug-likeness (QED) is 0.466. The minimum atomic E-state index is 0.720. The maximum absolute atomic E-state index is 6.53. The normalized spacial score (nSPS) is 11.7. The summed E-state index contributed by atoms with van der Waals surface area (Å²) in [6.07, 6.45) is 0. The number of pyridine rings is 1. The van der Waals surface area contributed by atoms with Gasteiger partial charge in [0.15, 0.2) is 0 Å². The second kappa shape index (κ2) is 3.95. The highest BCUT2D eigenvalue weighted by atomic mass is 79.9. The van der Waals surface area contributed by atoms with E-state index in [2.05, 4.69) is 27.0 Å². The Kier molecular flexibility index (Phi) is 2.34. The van der Waals surface area contributed by atoms with Crippen molar-refractivity contribution >= 4 is 60.4 Å². The molecule has 4 heteroatoms. The van der Waals surface area contributed by atoms with Crippen LogP contribution in [0.3, 0.4) is 0 Å². The number of para-hydroxylation sites is 1. The Morgan fingerprint density at radius 1 is 1.05 bits per heavy atom. The molecule has 0 spiro atoms. The molecule has 4 rings (SSSR count). The Hall–Kier alpha value is -1.58. The first-order valence-corrected chi connectivity index (χ1v) is 7.06. The lowest BCUT2D eigenvalue weighted by molar-refractivity contribution is 1.49. The monoisotopic (exact) mass is 330 g/mol. The standard InChI is InChI=1S/C15H8BrClN2/c16-8-5-6-12-10(7-8)13(17)15-14(18-12)9-3-1-2-4-11(9)19-15/h1-7,19H. The lowest BCUT2D eigenvalue weighted by Crippen LogP contribution is -1.83. The summed E-state index contributed by atoms with van der Waals surface area (Å²) in [5.41, 5.74) is 3.79. The van der Waals surface area contributed by atoms with Crippen molar-refractivity contribution < 1.29 is 0 Å². The molecule has 1 N–H and O–H groups in total. The molecule has 0 bridgehead atoms. The van der Waals surface area contributed by atoms with Gasteiger partial charge in [0.2, 0.25) is 0 Å². The summed E-state index contributed by atoms with van der Waals surface area (Å²) in [6.45, 7) is 0. The van der Waals surface area contributed by atoms with Crippen LogP contribution in [0, 0.1) is 0 Å². The number of nitrogens with zero attached hydrogens (tertiary/aromatic N) is 1. The number of aromatic nitrogens is 2. The van der Waals surface area contributed by atoms with Crippen LogP contribution in [0.5, 0.6) is 0 Å². The largest absolute Gasteiger partial charge is 0.352 e. The third kappa shape index (κ3) is 1.58. The van der Waals surface area contributed by atoms with Crippen molar-refractivity contribution in [2.75, 3.05) is 0 Å². The van der Waals surface area contributed by atoms with Gasteiger partial charge < -0.3 is 4.98 Å². The van der Waals surface area contributed by atoms with Crippen molar-refractivity contribution in [1.82, 2.24) is 9.97 Å². The maximum atomic E-state index is 6.53. The number of halogens is 2. The molecule has 19 heavy (non-hydrogen) atoms. The van der Waals surface area contributed by atoms with Gasteiger partial charge in [-0.1, -0.05) is 45.7 Å². The first kappa shape index (κ1) is 11.3. The minimum Gasteiger partial charge on any atom is -0.352 e. The van der Waals surface area contributed by atoms with E-state index in [4.69, 9.17) is 16.6 Å². The Bertz CT molecular complexity index is 943. The fourth-order valence-electron chi connectivity index (χ4n) is 2.44. The lowest BCUT2D eigenvalue weighted by Gasteiger charge is -2.02. The lowest BCUT2D eigenvalue weighted by atomic mass is 10.2. The van der Waals surface area contributed by atoms with Gasteiger partial charge >= 0.3 is 0 Å². The molecule has 0 saturated carbocycles. The van der Waals surface area contributed by atoms with Crippen molar-refractivity contribution in [3.8, 4) is 0 Å². The van der Waals surface area contributed by atoms with Crippen LogP contribution in [0.25, 0.3) is 32.8 Å². The fourth-order valence-corrected chi connectivity index (χ4v) is 3.09. The molecule has 2 aromatic carbocycles. The van der Waals surface area contributed by atoms with Gasteiger partial charge in [-0.2, -0.15) is 0 Å². The molecule has 2 aromatic heterocycles. The van der Waals surface area contributed by atoms with E-state index in [0.29, 0.717) is 0 Å². The molecule has 0 amide bonds. The van der Waals surface area contributed by atoms with Crippen LogP contribution in [-0.4, -0.2) is 9.97 Å². The van der Waals surface area contributed by atoms with E-state index in [1.807, 2.05) is 36.4 Å². The first-order chi connectivity index (χ1) is 9.24. The molecule has 2 heterocycles. The van der Waals surface area contributed by atoms with Crippen molar-refractivity contribution in [3.63, 3.8) is 0 Å². The van der Waals surface area contributed by atoms with E-state index in [-0.39, 0.29) is 0 Å². The Labute approximate surface area is 122 Å². The van der Waals surface area contributed by atoms with Gasteiger partial charge in [-0.15, -0.1) is 0 Å². The highest BCUT2D eigenvalue weighted by molar-refractivity contribution is 9.10. The molecule has 0 aliphatic rings. The molecular weight excluding hydrogens is 324 g/mol. The van der Waals surface area contributed by atoms with E-state index in [1.54, 1.807) is 0 Å². The van der Waals surface area contributed by atoms with Gasteiger partial charge in [-0.05, 0) is 24.3 Å². The predicted molar refractivity (Wildman–Crippen MR) is 83.8 cm³/mol. The second-order valence-electron chi connectivity index (χ2n) is 4.48. The number of aromatic amines is 1. The van der Waals surface area contributed by atoms with E-state index >= 15 is 0 Å². The molecule has 0 aliphatic carbocycles. The summed E-state index contributed by atoms with van der Waals surface area (Å²) in [5.74, 6) is 0. The average molecular weight is 332 g/mol. The Morgan fingerprint density at radius 3 is 2.79 bits per heavy atom. The Balaban J connectivity index is 2.29.